The zero-order chi connectivity index (χ0) is 16.8. The van der Waals surface area contributed by atoms with Crippen molar-refractivity contribution in [1.29, 1.82) is 0 Å². The topological polar surface area (TPSA) is 43.3 Å². The number of aliphatic imine (C=N–C) groups is 1. The lowest BCUT2D eigenvalue weighted by Gasteiger charge is -2.32. The van der Waals surface area contributed by atoms with Crippen LogP contribution in [0.15, 0.2) is 4.99 Å². The Hall–Kier alpha value is -0.120. The Morgan fingerprint density at radius 3 is 2.48 bits per heavy atom. The second-order valence-electron chi connectivity index (χ2n) is 7.54. The summed E-state index contributed by atoms with van der Waals surface area (Å²) in [6.45, 7) is 13.2. The van der Waals surface area contributed by atoms with E-state index in [4.69, 9.17) is 4.74 Å². The first-order chi connectivity index (χ1) is 11.8. The molecule has 3 rings (SSSR count). The summed E-state index contributed by atoms with van der Waals surface area (Å²) < 4.78 is 5.48. The normalized spacial score (nSPS) is 27.4. The third-order valence-electron chi connectivity index (χ3n) is 5.82. The molecule has 0 radical (unpaired) electrons. The van der Waals surface area contributed by atoms with E-state index in [1.165, 1.54) is 32.4 Å². The number of nitrogens with zero attached hydrogens (tertiary/aromatic N) is 4. The average Bonchev–Trinajstić information content (AvgIpc) is 3.11. The Bertz CT molecular complexity index is 408. The molecule has 3 aliphatic rings. The van der Waals surface area contributed by atoms with Gasteiger partial charge in [-0.15, -0.1) is 24.0 Å². The predicted molar refractivity (Wildman–Crippen MR) is 114 cm³/mol. The van der Waals surface area contributed by atoms with E-state index in [-0.39, 0.29) is 24.0 Å². The molecule has 0 amide bonds. The highest BCUT2D eigenvalue weighted by atomic mass is 127. The van der Waals surface area contributed by atoms with Gasteiger partial charge in [-0.3, -0.25) is 9.89 Å². The molecule has 146 valence electrons. The van der Waals surface area contributed by atoms with Crippen molar-refractivity contribution < 1.29 is 4.74 Å². The predicted octanol–water partition coefficient (Wildman–Crippen LogP) is 1.32. The van der Waals surface area contributed by atoms with Gasteiger partial charge in [-0.25, -0.2) is 0 Å². The van der Waals surface area contributed by atoms with Crippen molar-refractivity contribution in [3.63, 3.8) is 0 Å². The molecule has 0 aliphatic carbocycles. The van der Waals surface area contributed by atoms with Crippen molar-refractivity contribution in [3.05, 3.63) is 0 Å². The highest BCUT2D eigenvalue weighted by Gasteiger charge is 2.30. The van der Waals surface area contributed by atoms with Gasteiger partial charge in [0.25, 0.3) is 0 Å². The van der Waals surface area contributed by atoms with Gasteiger partial charge in [0.1, 0.15) is 0 Å². The number of hydrogen-bond acceptors (Lipinski definition) is 4. The van der Waals surface area contributed by atoms with Gasteiger partial charge in [0.15, 0.2) is 5.96 Å². The SMILES string of the molecule is CN=C(NCCN1CCC(C)CC1)N1CCC(N2CCOCC2)C1.I. The van der Waals surface area contributed by atoms with Crippen LogP contribution in [0.2, 0.25) is 0 Å². The van der Waals surface area contributed by atoms with Crippen LogP contribution in [-0.4, -0.2) is 99.3 Å². The zero-order valence-electron chi connectivity index (χ0n) is 16.0. The van der Waals surface area contributed by atoms with E-state index in [1.807, 2.05) is 7.05 Å². The Balaban J connectivity index is 0.00000225. The summed E-state index contributed by atoms with van der Waals surface area (Å²) in [7, 11) is 1.91. The van der Waals surface area contributed by atoms with Crippen molar-refractivity contribution >= 4 is 29.9 Å². The number of ether oxygens (including phenoxy) is 1. The number of morpholine rings is 1. The summed E-state index contributed by atoms with van der Waals surface area (Å²) >= 11 is 0. The summed E-state index contributed by atoms with van der Waals surface area (Å²) in [6.07, 6.45) is 3.94. The van der Waals surface area contributed by atoms with E-state index in [2.05, 4.69) is 31.9 Å². The number of guanidine groups is 1. The number of likely N-dealkylation sites (tertiary alicyclic amines) is 2. The first-order valence-corrected chi connectivity index (χ1v) is 9.76. The Morgan fingerprint density at radius 2 is 1.80 bits per heavy atom. The highest BCUT2D eigenvalue weighted by molar-refractivity contribution is 14.0. The maximum absolute atomic E-state index is 5.48. The molecule has 1 atom stereocenters. The Kier molecular flexibility index (Phi) is 9.23. The summed E-state index contributed by atoms with van der Waals surface area (Å²) in [5.74, 6) is 1.99. The standard InChI is InChI=1S/C18H35N5O.HI/c1-16-3-7-21(8-4-16)10-6-20-18(19-2)23-9-5-17(15-23)22-11-13-24-14-12-22;/h16-17H,3-15H2,1-2H3,(H,19,20);1H. The van der Waals surface area contributed by atoms with Crippen LogP contribution >= 0.6 is 24.0 Å². The van der Waals surface area contributed by atoms with Crippen LogP contribution in [0.25, 0.3) is 0 Å². The molecular weight excluding hydrogens is 429 g/mol. The molecule has 3 heterocycles. The lowest BCUT2D eigenvalue weighted by Crippen LogP contribution is -2.47. The van der Waals surface area contributed by atoms with Gasteiger partial charge in [-0.1, -0.05) is 6.92 Å². The molecule has 1 unspecified atom stereocenters. The van der Waals surface area contributed by atoms with Crippen molar-refractivity contribution in [2.75, 3.05) is 72.6 Å². The van der Waals surface area contributed by atoms with Gasteiger partial charge in [-0.2, -0.15) is 0 Å². The Labute approximate surface area is 170 Å². The van der Waals surface area contributed by atoms with Crippen LogP contribution in [0.1, 0.15) is 26.2 Å². The number of rotatable bonds is 4. The fourth-order valence-electron chi connectivity index (χ4n) is 4.12. The minimum absolute atomic E-state index is 0. The molecule has 7 heteroatoms. The minimum atomic E-state index is 0. The first kappa shape index (κ1) is 21.2. The van der Waals surface area contributed by atoms with Gasteiger partial charge >= 0.3 is 0 Å². The van der Waals surface area contributed by atoms with Crippen LogP contribution in [0.4, 0.5) is 0 Å². The molecule has 0 aromatic rings. The van der Waals surface area contributed by atoms with E-state index >= 15 is 0 Å². The van der Waals surface area contributed by atoms with Crippen LogP contribution in [0, 0.1) is 5.92 Å². The molecule has 3 aliphatic heterocycles. The average molecular weight is 465 g/mol. The molecule has 0 saturated carbocycles. The Morgan fingerprint density at radius 1 is 1.08 bits per heavy atom. The van der Waals surface area contributed by atoms with E-state index in [1.54, 1.807) is 0 Å². The molecule has 0 spiro atoms. The molecule has 6 nitrogen and oxygen atoms in total. The number of halogens is 1. The maximum Gasteiger partial charge on any atom is 0.193 e. The van der Waals surface area contributed by atoms with Gasteiger partial charge in [-0.05, 0) is 38.3 Å². The smallest absolute Gasteiger partial charge is 0.193 e. The largest absolute Gasteiger partial charge is 0.379 e. The quantitative estimate of drug-likeness (QED) is 0.386. The first-order valence-electron chi connectivity index (χ1n) is 9.76. The molecular formula is C18H36IN5O. The zero-order valence-corrected chi connectivity index (χ0v) is 18.3. The molecule has 1 N–H and O–H groups in total. The number of nitrogens with one attached hydrogen (secondary N) is 1. The molecule has 3 saturated heterocycles. The van der Waals surface area contributed by atoms with Gasteiger partial charge in [0, 0.05) is 52.4 Å². The lowest BCUT2D eigenvalue weighted by molar-refractivity contribution is 0.0195. The van der Waals surface area contributed by atoms with E-state index < -0.39 is 0 Å². The highest BCUT2D eigenvalue weighted by Crippen LogP contribution is 2.17. The second kappa shape index (κ2) is 10.9. The molecule has 0 aromatic carbocycles. The lowest BCUT2D eigenvalue weighted by atomic mass is 9.99. The second-order valence-corrected chi connectivity index (χ2v) is 7.54. The van der Waals surface area contributed by atoms with Crippen LogP contribution in [-0.2, 0) is 4.74 Å². The van der Waals surface area contributed by atoms with Crippen molar-refractivity contribution in [2.24, 2.45) is 10.9 Å². The number of hydrogen-bond donors (Lipinski definition) is 1. The van der Waals surface area contributed by atoms with Crippen molar-refractivity contribution in [1.82, 2.24) is 20.0 Å². The molecule has 0 aromatic heterocycles. The van der Waals surface area contributed by atoms with Crippen LogP contribution < -0.4 is 5.32 Å². The summed E-state index contributed by atoms with van der Waals surface area (Å²) in [5.41, 5.74) is 0. The van der Waals surface area contributed by atoms with Crippen LogP contribution in [0.3, 0.4) is 0 Å². The van der Waals surface area contributed by atoms with E-state index in [9.17, 15) is 0 Å². The third kappa shape index (κ3) is 6.22. The van der Waals surface area contributed by atoms with E-state index in [0.29, 0.717) is 6.04 Å². The molecule has 3 fully saturated rings. The monoisotopic (exact) mass is 465 g/mol. The minimum Gasteiger partial charge on any atom is -0.379 e. The van der Waals surface area contributed by atoms with Gasteiger partial charge < -0.3 is 19.9 Å². The van der Waals surface area contributed by atoms with Gasteiger partial charge in [0.2, 0.25) is 0 Å². The third-order valence-corrected chi connectivity index (χ3v) is 5.82. The fourth-order valence-corrected chi connectivity index (χ4v) is 4.12. The summed E-state index contributed by atoms with van der Waals surface area (Å²) in [6, 6.07) is 0.663. The van der Waals surface area contributed by atoms with E-state index in [0.717, 1.165) is 64.4 Å². The number of piperidine rings is 1. The molecule has 0 bridgehead atoms. The van der Waals surface area contributed by atoms with Crippen molar-refractivity contribution in [2.45, 2.75) is 32.2 Å². The fraction of sp³-hybridized carbons (Fsp3) is 0.944. The van der Waals surface area contributed by atoms with Gasteiger partial charge in [0.05, 0.1) is 13.2 Å². The van der Waals surface area contributed by atoms with Crippen molar-refractivity contribution in [3.8, 4) is 0 Å². The molecule has 25 heavy (non-hydrogen) atoms. The summed E-state index contributed by atoms with van der Waals surface area (Å²) in [4.78, 5) is 12.1. The maximum atomic E-state index is 5.48. The summed E-state index contributed by atoms with van der Waals surface area (Å²) in [5, 5.41) is 3.58. The van der Waals surface area contributed by atoms with Crippen LogP contribution in [0.5, 0.6) is 0 Å².